The van der Waals surface area contributed by atoms with Crippen LogP contribution < -0.4 is 5.32 Å². The number of carbonyl (C=O) groups is 1. The molecule has 1 aromatic rings. The Morgan fingerprint density at radius 2 is 2.17 bits per heavy atom. The second-order valence-electron chi connectivity index (χ2n) is 3.01. The predicted octanol–water partition coefficient (Wildman–Crippen LogP) is 1.86. The largest absolute Gasteiger partial charge is 0.388 e. The number of hydrogen-bond acceptors (Lipinski definition) is 2. The molecule has 0 unspecified atom stereocenters. The second-order valence-corrected chi connectivity index (χ2v) is 3.01. The highest BCUT2D eigenvalue weighted by atomic mass is 16.1. The summed E-state index contributed by atoms with van der Waals surface area (Å²) in [5.74, 6) is 0.273. The lowest BCUT2D eigenvalue weighted by Crippen LogP contribution is -1.98. The molecule has 0 atom stereocenters. The Hall–Kier alpha value is -1.31. The second kappa shape index (κ2) is 2.63. The number of hydrogen-bond donors (Lipinski definition) is 1. The van der Waals surface area contributed by atoms with Crippen molar-refractivity contribution in [3.05, 3.63) is 29.3 Å². The quantitative estimate of drug-likeness (QED) is 0.681. The molecule has 0 saturated heterocycles. The molecule has 0 heterocycles. The van der Waals surface area contributed by atoms with E-state index < -0.39 is 0 Å². The van der Waals surface area contributed by atoms with Gasteiger partial charge in [0, 0.05) is 24.7 Å². The van der Waals surface area contributed by atoms with Crippen molar-refractivity contribution in [3.8, 4) is 0 Å². The van der Waals surface area contributed by atoms with Gasteiger partial charge >= 0.3 is 0 Å². The van der Waals surface area contributed by atoms with Gasteiger partial charge in [0.2, 0.25) is 0 Å². The number of fused-ring (bicyclic) bond motifs is 1. The summed E-state index contributed by atoms with van der Waals surface area (Å²) in [6.45, 7) is 0. The monoisotopic (exact) mass is 161 g/mol. The maximum atomic E-state index is 11.4. The molecule has 0 aromatic heterocycles. The lowest BCUT2D eigenvalue weighted by molar-refractivity contribution is 0.0995. The molecule has 0 bridgehead atoms. The van der Waals surface area contributed by atoms with Gasteiger partial charge in [0.1, 0.15) is 0 Å². The molecule has 0 aliphatic heterocycles. The summed E-state index contributed by atoms with van der Waals surface area (Å²) >= 11 is 0. The van der Waals surface area contributed by atoms with E-state index in [2.05, 4.69) is 5.32 Å². The number of ketones is 1. The molecule has 2 heteroatoms. The van der Waals surface area contributed by atoms with Gasteiger partial charge in [0.05, 0.1) is 0 Å². The van der Waals surface area contributed by atoms with Crippen molar-refractivity contribution in [2.45, 2.75) is 12.8 Å². The minimum Gasteiger partial charge on any atom is -0.388 e. The van der Waals surface area contributed by atoms with Gasteiger partial charge in [-0.1, -0.05) is 12.1 Å². The van der Waals surface area contributed by atoms with Crippen LogP contribution in [0.5, 0.6) is 0 Å². The highest BCUT2D eigenvalue weighted by Crippen LogP contribution is 2.28. The molecule has 1 N–H and O–H groups in total. The van der Waals surface area contributed by atoms with Gasteiger partial charge in [-0.25, -0.2) is 0 Å². The molecule has 0 radical (unpaired) electrons. The first-order valence-corrected chi connectivity index (χ1v) is 4.16. The van der Waals surface area contributed by atoms with E-state index in [1.165, 1.54) is 5.56 Å². The van der Waals surface area contributed by atoms with E-state index >= 15 is 0 Å². The molecule has 62 valence electrons. The topological polar surface area (TPSA) is 29.1 Å². The lowest BCUT2D eigenvalue weighted by Gasteiger charge is -2.04. The van der Waals surface area contributed by atoms with Gasteiger partial charge in [0.15, 0.2) is 5.78 Å². The van der Waals surface area contributed by atoms with Gasteiger partial charge in [0.25, 0.3) is 0 Å². The number of aryl methyl sites for hydroxylation is 1. The summed E-state index contributed by atoms with van der Waals surface area (Å²) in [5, 5.41) is 3.04. The summed E-state index contributed by atoms with van der Waals surface area (Å²) < 4.78 is 0. The molecule has 12 heavy (non-hydrogen) atoms. The van der Waals surface area contributed by atoms with Crippen molar-refractivity contribution >= 4 is 11.5 Å². The Bertz CT molecular complexity index is 331. The third-order valence-electron chi connectivity index (χ3n) is 2.32. The molecule has 1 aromatic carbocycles. The Balaban J connectivity index is 2.60. The van der Waals surface area contributed by atoms with Crippen LogP contribution in [0.2, 0.25) is 0 Å². The van der Waals surface area contributed by atoms with Gasteiger partial charge in [-0.3, -0.25) is 4.79 Å². The van der Waals surface area contributed by atoms with Crippen molar-refractivity contribution < 1.29 is 4.79 Å². The van der Waals surface area contributed by atoms with Gasteiger partial charge in [-0.15, -0.1) is 0 Å². The predicted molar refractivity (Wildman–Crippen MR) is 48.6 cm³/mol. The van der Waals surface area contributed by atoms with Crippen molar-refractivity contribution in [2.75, 3.05) is 12.4 Å². The van der Waals surface area contributed by atoms with E-state index in [9.17, 15) is 4.79 Å². The minimum absolute atomic E-state index is 0.273. The fourth-order valence-corrected chi connectivity index (χ4v) is 1.72. The molecule has 1 aliphatic carbocycles. The Kier molecular flexibility index (Phi) is 1.61. The van der Waals surface area contributed by atoms with Crippen LogP contribution >= 0.6 is 0 Å². The van der Waals surface area contributed by atoms with E-state index in [0.29, 0.717) is 6.42 Å². The molecular formula is C10H11NO. The summed E-state index contributed by atoms with van der Waals surface area (Å²) in [7, 11) is 1.85. The van der Waals surface area contributed by atoms with E-state index in [1.807, 2.05) is 25.2 Å². The van der Waals surface area contributed by atoms with Crippen LogP contribution in [0.15, 0.2) is 18.2 Å². The fourth-order valence-electron chi connectivity index (χ4n) is 1.72. The average molecular weight is 161 g/mol. The molecule has 0 amide bonds. The minimum atomic E-state index is 0.273. The molecule has 0 saturated carbocycles. The van der Waals surface area contributed by atoms with Crippen LogP contribution in [0.4, 0.5) is 5.69 Å². The molecule has 2 rings (SSSR count). The number of rotatable bonds is 1. The standard InChI is InChI=1S/C10H11NO/c1-11-8-4-2-3-7-5-6-9(12)10(7)8/h2-4,11H,5-6H2,1H3. The van der Waals surface area contributed by atoms with Crippen molar-refractivity contribution in [2.24, 2.45) is 0 Å². The van der Waals surface area contributed by atoms with Gasteiger partial charge < -0.3 is 5.32 Å². The summed E-state index contributed by atoms with van der Waals surface area (Å²) in [5.41, 5.74) is 3.06. The number of carbonyl (C=O) groups excluding carboxylic acids is 1. The van der Waals surface area contributed by atoms with E-state index in [-0.39, 0.29) is 5.78 Å². The molecular weight excluding hydrogens is 150 g/mol. The number of Topliss-reactive ketones (excluding diaryl/α,β-unsaturated/α-hetero) is 1. The number of anilines is 1. The third-order valence-corrected chi connectivity index (χ3v) is 2.32. The van der Waals surface area contributed by atoms with Crippen LogP contribution in [0, 0.1) is 0 Å². The van der Waals surface area contributed by atoms with Crippen molar-refractivity contribution in [3.63, 3.8) is 0 Å². The van der Waals surface area contributed by atoms with Crippen LogP contribution in [0.3, 0.4) is 0 Å². The number of nitrogens with one attached hydrogen (secondary N) is 1. The third kappa shape index (κ3) is 0.916. The van der Waals surface area contributed by atoms with E-state index in [1.54, 1.807) is 0 Å². The molecule has 1 aliphatic rings. The Labute approximate surface area is 71.6 Å². The van der Waals surface area contributed by atoms with Crippen LogP contribution in [-0.2, 0) is 6.42 Å². The molecule has 2 nitrogen and oxygen atoms in total. The highest BCUT2D eigenvalue weighted by molar-refractivity contribution is 6.05. The van der Waals surface area contributed by atoms with Crippen LogP contribution in [0.1, 0.15) is 22.3 Å². The lowest BCUT2D eigenvalue weighted by atomic mass is 10.1. The molecule has 0 spiro atoms. The van der Waals surface area contributed by atoms with Crippen molar-refractivity contribution in [1.82, 2.24) is 0 Å². The Morgan fingerprint density at radius 3 is 2.92 bits per heavy atom. The summed E-state index contributed by atoms with van der Waals surface area (Å²) in [4.78, 5) is 11.4. The fraction of sp³-hybridized carbons (Fsp3) is 0.300. The first-order valence-electron chi connectivity index (χ1n) is 4.16. The zero-order valence-electron chi connectivity index (χ0n) is 7.05. The summed E-state index contributed by atoms with van der Waals surface area (Å²) in [6, 6.07) is 5.96. The van der Waals surface area contributed by atoms with Crippen molar-refractivity contribution in [1.29, 1.82) is 0 Å². The SMILES string of the molecule is CNc1cccc2c1C(=O)CC2. The zero-order valence-corrected chi connectivity index (χ0v) is 7.05. The van der Waals surface area contributed by atoms with E-state index in [4.69, 9.17) is 0 Å². The Morgan fingerprint density at radius 1 is 1.33 bits per heavy atom. The van der Waals surface area contributed by atoms with Crippen LogP contribution in [-0.4, -0.2) is 12.8 Å². The zero-order chi connectivity index (χ0) is 8.55. The highest BCUT2D eigenvalue weighted by Gasteiger charge is 2.21. The van der Waals surface area contributed by atoms with Crippen LogP contribution in [0.25, 0.3) is 0 Å². The first-order chi connectivity index (χ1) is 5.83. The average Bonchev–Trinajstić information content (AvgIpc) is 2.48. The first kappa shape index (κ1) is 7.35. The van der Waals surface area contributed by atoms with Gasteiger partial charge in [-0.2, -0.15) is 0 Å². The maximum Gasteiger partial charge on any atom is 0.165 e. The van der Waals surface area contributed by atoms with Gasteiger partial charge in [-0.05, 0) is 18.1 Å². The maximum absolute atomic E-state index is 11.4. The summed E-state index contributed by atoms with van der Waals surface area (Å²) in [6.07, 6.45) is 1.58. The normalized spacial score (nSPS) is 14.6. The number of benzene rings is 1. The molecule has 0 fully saturated rings. The van der Waals surface area contributed by atoms with E-state index in [0.717, 1.165) is 17.7 Å². The smallest absolute Gasteiger partial charge is 0.165 e.